The minimum Gasteiger partial charge on any atom is -0.357 e. The molecule has 2 aliphatic rings. The fourth-order valence-corrected chi connectivity index (χ4v) is 5.72. The van der Waals surface area contributed by atoms with Crippen LogP contribution in [0.1, 0.15) is 44.0 Å². The van der Waals surface area contributed by atoms with Crippen molar-refractivity contribution in [3.05, 3.63) is 35.5 Å². The number of hydrogen-bond donors (Lipinski definition) is 1. The second-order valence-corrected chi connectivity index (χ2v) is 9.14. The van der Waals surface area contributed by atoms with Crippen LogP contribution in [0.4, 0.5) is 0 Å². The quantitative estimate of drug-likeness (QED) is 0.924. The van der Waals surface area contributed by atoms with Gasteiger partial charge in [-0.25, -0.2) is 0 Å². The summed E-state index contributed by atoms with van der Waals surface area (Å²) in [4.78, 5) is 3.45. The fraction of sp³-hybridized carbons (Fsp3) is 0.556. The Bertz CT molecular complexity index is 870. The molecule has 1 N–H and O–H groups in total. The normalized spacial score (nSPS) is 23.6. The number of hydrogen-bond acceptors (Lipinski definition) is 2. The van der Waals surface area contributed by atoms with Crippen LogP contribution in [0.15, 0.2) is 24.3 Å². The lowest BCUT2D eigenvalue weighted by molar-refractivity contribution is 0.269. The van der Waals surface area contributed by atoms with E-state index in [1.54, 1.807) is 15.7 Å². The molecular formula is C18H25N3O2S. The van der Waals surface area contributed by atoms with E-state index in [1.807, 2.05) is 26.0 Å². The van der Waals surface area contributed by atoms with Crippen molar-refractivity contribution in [1.82, 2.24) is 13.6 Å². The van der Waals surface area contributed by atoms with Gasteiger partial charge in [-0.3, -0.25) is 0 Å². The molecule has 0 unspecified atom stereocenters. The maximum absolute atomic E-state index is 13.1. The number of aromatic amines is 1. The molecule has 1 aliphatic heterocycles. The van der Waals surface area contributed by atoms with Gasteiger partial charge in [-0.1, -0.05) is 18.2 Å². The van der Waals surface area contributed by atoms with Gasteiger partial charge in [-0.15, -0.1) is 0 Å². The summed E-state index contributed by atoms with van der Waals surface area (Å²) in [5.74, 6) is 0.522. The van der Waals surface area contributed by atoms with Crippen molar-refractivity contribution in [2.24, 2.45) is 5.92 Å². The summed E-state index contributed by atoms with van der Waals surface area (Å²) in [6, 6.07) is 8.12. The summed E-state index contributed by atoms with van der Waals surface area (Å²) in [6.45, 7) is 4.55. The summed E-state index contributed by atoms with van der Waals surface area (Å²) in [6.07, 6.45) is 3.04. The van der Waals surface area contributed by atoms with Crippen LogP contribution in [0.2, 0.25) is 0 Å². The van der Waals surface area contributed by atoms with Crippen molar-refractivity contribution in [2.45, 2.75) is 45.2 Å². The van der Waals surface area contributed by atoms with E-state index in [4.69, 9.17) is 0 Å². The van der Waals surface area contributed by atoms with Crippen LogP contribution < -0.4 is 0 Å². The van der Waals surface area contributed by atoms with Crippen molar-refractivity contribution in [1.29, 1.82) is 0 Å². The Hall–Kier alpha value is -1.37. The monoisotopic (exact) mass is 347 g/mol. The van der Waals surface area contributed by atoms with E-state index in [2.05, 4.69) is 17.1 Å². The zero-order chi connectivity index (χ0) is 17.1. The van der Waals surface area contributed by atoms with E-state index in [-0.39, 0.29) is 12.1 Å². The maximum atomic E-state index is 13.1. The summed E-state index contributed by atoms with van der Waals surface area (Å²) in [5, 5.41) is 1.22. The maximum Gasteiger partial charge on any atom is 0.282 e. The second-order valence-electron chi connectivity index (χ2n) is 7.20. The highest BCUT2D eigenvalue weighted by atomic mass is 32.2. The number of aromatic nitrogens is 1. The van der Waals surface area contributed by atoms with Crippen molar-refractivity contribution >= 4 is 21.1 Å². The molecule has 0 bridgehead atoms. The van der Waals surface area contributed by atoms with Crippen LogP contribution in [-0.2, 0) is 16.6 Å². The topological polar surface area (TPSA) is 56.4 Å². The number of para-hydroxylation sites is 1. The van der Waals surface area contributed by atoms with E-state index in [0.717, 1.165) is 30.5 Å². The smallest absolute Gasteiger partial charge is 0.282 e. The highest BCUT2D eigenvalue weighted by Gasteiger charge is 2.41. The molecule has 1 aromatic carbocycles. The van der Waals surface area contributed by atoms with Crippen molar-refractivity contribution in [3.63, 3.8) is 0 Å². The summed E-state index contributed by atoms with van der Waals surface area (Å²) < 4.78 is 29.5. The second kappa shape index (κ2) is 5.58. The molecule has 1 aromatic heterocycles. The Labute approximate surface area is 143 Å². The first-order valence-corrected chi connectivity index (χ1v) is 10.1. The lowest BCUT2D eigenvalue weighted by Gasteiger charge is -2.37. The lowest BCUT2D eigenvalue weighted by atomic mass is 10.0. The Balaban J connectivity index is 1.68. The fourth-order valence-electron chi connectivity index (χ4n) is 3.97. The highest BCUT2D eigenvalue weighted by molar-refractivity contribution is 7.86. The molecule has 1 saturated carbocycles. The van der Waals surface area contributed by atoms with Gasteiger partial charge in [0.15, 0.2) is 0 Å². The van der Waals surface area contributed by atoms with Crippen LogP contribution in [0.5, 0.6) is 0 Å². The van der Waals surface area contributed by atoms with Crippen molar-refractivity contribution < 1.29 is 8.42 Å². The molecule has 0 radical (unpaired) electrons. The third-order valence-electron chi connectivity index (χ3n) is 5.82. The van der Waals surface area contributed by atoms with Gasteiger partial charge in [0.05, 0.1) is 6.04 Å². The van der Waals surface area contributed by atoms with Gasteiger partial charge in [0.1, 0.15) is 0 Å². The minimum absolute atomic E-state index is 0.0753. The third kappa shape index (κ3) is 2.39. The number of H-pyrrole nitrogens is 1. The van der Waals surface area contributed by atoms with E-state index >= 15 is 0 Å². The predicted molar refractivity (Wildman–Crippen MR) is 96.0 cm³/mol. The van der Waals surface area contributed by atoms with Gasteiger partial charge in [0.2, 0.25) is 0 Å². The van der Waals surface area contributed by atoms with Gasteiger partial charge in [0, 0.05) is 36.2 Å². The SMILES string of the molecule is C[C@@H]1c2[nH]c3ccccc3c2CCN1S(=O)(=O)N(C)[C@@H](C)C1CC1. The zero-order valence-electron chi connectivity index (χ0n) is 14.5. The molecule has 4 rings (SSSR count). The molecule has 2 atom stereocenters. The Morgan fingerprint density at radius 1 is 1.29 bits per heavy atom. The molecule has 1 aliphatic carbocycles. The zero-order valence-corrected chi connectivity index (χ0v) is 15.3. The van der Waals surface area contributed by atoms with Crippen LogP contribution in [0.25, 0.3) is 10.9 Å². The van der Waals surface area contributed by atoms with Gasteiger partial charge < -0.3 is 4.98 Å². The predicted octanol–water partition coefficient (Wildman–Crippen LogP) is 3.06. The van der Waals surface area contributed by atoms with Gasteiger partial charge in [0.25, 0.3) is 10.2 Å². The first kappa shape index (κ1) is 16.1. The average Bonchev–Trinajstić information content (AvgIpc) is 3.34. The molecule has 6 heteroatoms. The molecular weight excluding hydrogens is 322 g/mol. The summed E-state index contributed by atoms with van der Waals surface area (Å²) >= 11 is 0. The Morgan fingerprint density at radius 3 is 2.71 bits per heavy atom. The van der Waals surface area contributed by atoms with Crippen molar-refractivity contribution in [3.8, 4) is 0 Å². The van der Waals surface area contributed by atoms with Crippen molar-refractivity contribution in [2.75, 3.05) is 13.6 Å². The molecule has 2 heterocycles. The number of nitrogens with zero attached hydrogens (tertiary/aromatic N) is 2. The minimum atomic E-state index is -3.45. The molecule has 0 amide bonds. The molecule has 0 spiro atoms. The standard InChI is InChI=1S/C18H25N3O2S/c1-12(14-8-9-14)20(3)24(22,23)21-11-10-16-15-6-4-5-7-17(15)19-18(16)13(21)2/h4-7,12-14,19H,8-11H2,1-3H3/t12-,13+/m0/s1. The van der Waals surface area contributed by atoms with Crippen LogP contribution in [-0.4, -0.2) is 41.6 Å². The van der Waals surface area contributed by atoms with Gasteiger partial charge in [-0.05, 0) is 50.7 Å². The lowest BCUT2D eigenvalue weighted by Crippen LogP contribution is -2.49. The number of nitrogens with one attached hydrogen (secondary N) is 1. The van der Waals surface area contributed by atoms with Gasteiger partial charge >= 0.3 is 0 Å². The largest absolute Gasteiger partial charge is 0.357 e. The third-order valence-corrected chi connectivity index (χ3v) is 7.97. The molecule has 1 fully saturated rings. The molecule has 130 valence electrons. The van der Waals surface area contributed by atoms with Gasteiger partial charge in [-0.2, -0.15) is 17.0 Å². The van der Waals surface area contributed by atoms with Crippen LogP contribution in [0.3, 0.4) is 0 Å². The Kier molecular flexibility index (Phi) is 3.74. The first-order valence-electron chi connectivity index (χ1n) is 8.75. The van der Waals surface area contributed by atoms with Crippen LogP contribution in [0, 0.1) is 5.92 Å². The molecule has 0 saturated heterocycles. The first-order chi connectivity index (χ1) is 11.4. The molecule has 24 heavy (non-hydrogen) atoms. The van der Waals surface area contributed by atoms with E-state index in [9.17, 15) is 8.42 Å². The Morgan fingerprint density at radius 2 is 2.00 bits per heavy atom. The number of fused-ring (bicyclic) bond motifs is 3. The number of benzene rings is 1. The average molecular weight is 347 g/mol. The molecule has 5 nitrogen and oxygen atoms in total. The highest BCUT2D eigenvalue weighted by Crippen LogP contribution is 2.39. The van der Waals surface area contributed by atoms with Crippen LogP contribution >= 0.6 is 0 Å². The molecule has 2 aromatic rings. The summed E-state index contributed by atoms with van der Waals surface area (Å²) in [7, 11) is -1.72. The van der Waals surface area contributed by atoms with E-state index < -0.39 is 10.2 Å². The summed E-state index contributed by atoms with van der Waals surface area (Å²) in [5.41, 5.74) is 3.40. The number of rotatable bonds is 4. The van der Waals surface area contributed by atoms with E-state index in [1.165, 1.54) is 10.9 Å². The van der Waals surface area contributed by atoms with E-state index in [0.29, 0.717) is 12.5 Å².